The lowest BCUT2D eigenvalue weighted by Crippen LogP contribution is -2.40. The zero-order valence-corrected chi connectivity index (χ0v) is 13.9. The molecule has 4 nitrogen and oxygen atoms in total. The molecule has 0 aromatic carbocycles. The van der Waals surface area contributed by atoms with Crippen LogP contribution < -0.4 is 10.6 Å². The smallest absolute Gasteiger partial charge is 0.190 e. The number of hydrogen-bond donors (Lipinski definition) is 2. The minimum Gasteiger partial charge on any atom is -0.356 e. The minimum absolute atomic E-state index is 0.869. The lowest BCUT2D eigenvalue weighted by Gasteiger charge is -2.34. The van der Waals surface area contributed by atoms with Gasteiger partial charge in [0.15, 0.2) is 5.96 Å². The number of nitrogens with one attached hydrogen (secondary N) is 2. The lowest BCUT2D eigenvalue weighted by atomic mass is 9.92. The van der Waals surface area contributed by atoms with E-state index in [1.165, 1.54) is 38.9 Å². The Kier molecular flexibility index (Phi) is 8.67. The maximum absolute atomic E-state index is 4.22. The van der Waals surface area contributed by atoms with Crippen LogP contribution in [0.5, 0.6) is 0 Å². The Morgan fingerprint density at radius 2 is 1.75 bits per heavy atom. The first kappa shape index (κ1) is 17.3. The van der Waals surface area contributed by atoms with Gasteiger partial charge >= 0.3 is 0 Å². The number of likely N-dealkylation sites (tertiary alicyclic amines) is 1. The molecule has 1 heterocycles. The van der Waals surface area contributed by atoms with Crippen molar-refractivity contribution in [3.63, 3.8) is 0 Å². The van der Waals surface area contributed by atoms with Crippen LogP contribution in [0.4, 0.5) is 0 Å². The Balaban J connectivity index is 2.06. The van der Waals surface area contributed by atoms with Gasteiger partial charge < -0.3 is 15.5 Å². The molecule has 2 atom stereocenters. The lowest BCUT2D eigenvalue weighted by molar-refractivity contribution is 0.139. The van der Waals surface area contributed by atoms with E-state index in [2.05, 4.69) is 41.3 Å². The van der Waals surface area contributed by atoms with Crippen molar-refractivity contribution in [3.05, 3.63) is 0 Å². The van der Waals surface area contributed by atoms with Gasteiger partial charge in [-0.25, -0.2) is 0 Å². The zero-order chi connectivity index (χ0) is 14.8. The summed E-state index contributed by atoms with van der Waals surface area (Å²) < 4.78 is 0. The van der Waals surface area contributed by atoms with Crippen LogP contribution in [0.2, 0.25) is 0 Å². The van der Waals surface area contributed by atoms with E-state index < -0.39 is 0 Å². The molecule has 1 aliphatic heterocycles. The minimum atomic E-state index is 0.869. The Morgan fingerprint density at radius 3 is 2.35 bits per heavy atom. The van der Waals surface area contributed by atoms with Crippen molar-refractivity contribution in [3.8, 4) is 0 Å². The van der Waals surface area contributed by atoms with Crippen molar-refractivity contribution >= 4 is 5.96 Å². The molecule has 4 heteroatoms. The number of nitrogens with zero attached hydrogens (tertiary/aromatic N) is 2. The monoisotopic (exact) mass is 282 g/mol. The van der Waals surface area contributed by atoms with Gasteiger partial charge in [0.05, 0.1) is 0 Å². The molecule has 2 unspecified atom stereocenters. The van der Waals surface area contributed by atoms with Gasteiger partial charge in [-0.15, -0.1) is 0 Å². The van der Waals surface area contributed by atoms with Crippen LogP contribution in [-0.2, 0) is 0 Å². The third-order valence-corrected chi connectivity index (χ3v) is 3.90. The van der Waals surface area contributed by atoms with Crippen LogP contribution in [0.3, 0.4) is 0 Å². The van der Waals surface area contributed by atoms with Gasteiger partial charge in [0.1, 0.15) is 0 Å². The average molecular weight is 282 g/mol. The summed E-state index contributed by atoms with van der Waals surface area (Å²) in [6.45, 7) is 12.8. The summed E-state index contributed by atoms with van der Waals surface area (Å²) in [5, 5.41) is 6.68. The molecule has 1 saturated heterocycles. The Hall–Kier alpha value is -0.770. The first-order valence-electron chi connectivity index (χ1n) is 8.32. The topological polar surface area (TPSA) is 39.7 Å². The second-order valence-electron chi connectivity index (χ2n) is 6.34. The molecule has 20 heavy (non-hydrogen) atoms. The second-order valence-corrected chi connectivity index (χ2v) is 6.34. The molecule has 1 aliphatic rings. The van der Waals surface area contributed by atoms with Gasteiger partial charge in [0.2, 0.25) is 0 Å². The molecular weight excluding hydrogens is 248 g/mol. The van der Waals surface area contributed by atoms with E-state index in [0.29, 0.717) is 0 Å². The largest absolute Gasteiger partial charge is 0.356 e. The second kappa shape index (κ2) is 10.0. The Bertz CT molecular complexity index is 268. The maximum Gasteiger partial charge on any atom is 0.190 e. The van der Waals surface area contributed by atoms with E-state index >= 15 is 0 Å². The molecule has 0 aromatic heterocycles. The van der Waals surface area contributed by atoms with Gasteiger partial charge in [-0.05, 0) is 44.1 Å². The molecule has 0 bridgehead atoms. The molecule has 2 N–H and O–H groups in total. The van der Waals surface area contributed by atoms with Crippen molar-refractivity contribution in [2.45, 2.75) is 46.5 Å². The first-order valence-corrected chi connectivity index (χ1v) is 8.32. The molecule has 0 aliphatic carbocycles. The maximum atomic E-state index is 4.22. The van der Waals surface area contributed by atoms with E-state index in [-0.39, 0.29) is 0 Å². The Labute approximate surface area is 125 Å². The van der Waals surface area contributed by atoms with Crippen molar-refractivity contribution in [2.24, 2.45) is 16.8 Å². The van der Waals surface area contributed by atoms with E-state index in [9.17, 15) is 0 Å². The molecule has 0 radical (unpaired) electrons. The Morgan fingerprint density at radius 1 is 1.10 bits per heavy atom. The van der Waals surface area contributed by atoms with Crippen LogP contribution in [-0.4, -0.2) is 50.6 Å². The highest BCUT2D eigenvalue weighted by Gasteiger charge is 2.20. The van der Waals surface area contributed by atoms with Crippen molar-refractivity contribution < 1.29 is 0 Å². The highest BCUT2D eigenvalue weighted by molar-refractivity contribution is 5.79. The molecule has 1 fully saturated rings. The number of aliphatic imine (C=N–C) groups is 1. The van der Waals surface area contributed by atoms with Crippen LogP contribution in [0.1, 0.15) is 46.5 Å². The normalized spacial score (nSPS) is 24.7. The summed E-state index contributed by atoms with van der Waals surface area (Å²) in [4.78, 5) is 6.86. The summed E-state index contributed by atoms with van der Waals surface area (Å²) in [6.07, 6.45) is 5.02. The molecule has 0 aromatic rings. The highest BCUT2D eigenvalue weighted by Crippen LogP contribution is 2.20. The molecular formula is C16H34N4. The fourth-order valence-electron chi connectivity index (χ4n) is 3.11. The summed E-state index contributed by atoms with van der Waals surface area (Å²) in [6, 6.07) is 0. The van der Waals surface area contributed by atoms with Crippen molar-refractivity contribution in [1.29, 1.82) is 0 Å². The number of unbranched alkanes of at least 4 members (excludes halogenated alkanes) is 1. The number of piperidine rings is 1. The predicted octanol–water partition coefficient (Wildman–Crippen LogP) is 2.32. The summed E-state index contributed by atoms with van der Waals surface area (Å²) in [5.41, 5.74) is 0. The average Bonchev–Trinajstić information content (AvgIpc) is 2.40. The van der Waals surface area contributed by atoms with Crippen LogP contribution in [0.25, 0.3) is 0 Å². The predicted molar refractivity (Wildman–Crippen MR) is 88.3 cm³/mol. The summed E-state index contributed by atoms with van der Waals surface area (Å²) >= 11 is 0. The van der Waals surface area contributed by atoms with Crippen molar-refractivity contribution in [2.75, 3.05) is 39.8 Å². The highest BCUT2D eigenvalue weighted by atomic mass is 15.2. The fourth-order valence-corrected chi connectivity index (χ4v) is 3.11. The fraction of sp³-hybridized carbons (Fsp3) is 0.938. The molecule has 118 valence electrons. The van der Waals surface area contributed by atoms with E-state index in [1.54, 1.807) is 0 Å². The van der Waals surface area contributed by atoms with Gasteiger partial charge in [0.25, 0.3) is 0 Å². The van der Waals surface area contributed by atoms with E-state index in [0.717, 1.165) is 37.3 Å². The summed E-state index contributed by atoms with van der Waals surface area (Å²) in [7, 11) is 1.83. The third kappa shape index (κ3) is 7.13. The van der Waals surface area contributed by atoms with Gasteiger partial charge in [-0.3, -0.25) is 4.99 Å². The third-order valence-electron chi connectivity index (χ3n) is 3.90. The number of rotatable bonds is 7. The number of hydrogen-bond acceptors (Lipinski definition) is 2. The van der Waals surface area contributed by atoms with Crippen molar-refractivity contribution in [1.82, 2.24) is 15.5 Å². The van der Waals surface area contributed by atoms with Gasteiger partial charge in [-0.2, -0.15) is 0 Å². The SMILES string of the molecule is CCCNC(=NC)NCCCCN1CC(C)CC(C)C1. The molecule has 0 spiro atoms. The molecule has 0 amide bonds. The zero-order valence-electron chi connectivity index (χ0n) is 13.9. The standard InChI is InChI=1S/C16H34N4/c1-5-8-18-16(17-4)19-9-6-7-10-20-12-14(2)11-15(3)13-20/h14-15H,5-13H2,1-4H3,(H2,17,18,19). The quantitative estimate of drug-likeness (QED) is 0.428. The number of guanidine groups is 1. The summed E-state index contributed by atoms with van der Waals surface area (Å²) in [5.74, 6) is 2.68. The molecule has 1 rings (SSSR count). The van der Waals surface area contributed by atoms with E-state index in [1.807, 2.05) is 7.05 Å². The van der Waals surface area contributed by atoms with Gasteiger partial charge in [-0.1, -0.05) is 20.8 Å². The van der Waals surface area contributed by atoms with E-state index in [4.69, 9.17) is 0 Å². The van der Waals surface area contributed by atoms with Crippen LogP contribution in [0.15, 0.2) is 4.99 Å². The van der Waals surface area contributed by atoms with Crippen LogP contribution >= 0.6 is 0 Å². The molecule has 0 saturated carbocycles. The van der Waals surface area contributed by atoms with Crippen LogP contribution in [0, 0.1) is 11.8 Å². The first-order chi connectivity index (χ1) is 9.65. The van der Waals surface area contributed by atoms with Gasteiger partial charge in [0, 0.05) is 33.2 Å².